The van der Waals surface area contributed by atoms with Gasteiger partial charge in [0.1, 0.15) is 0 Å². The van der Waals surface area contributed by atoms with Crippen LogP contribution in [0.5, 0.6) is 0 Å². The number of hydrogen-bond acceptors (Lipinski definition) is 2. The van der Waals surface area contributed by atoms with Crippen molar-refractivity contribution >= 4 is 0 Å². The van der Waals surface area contributed by atoms with Crippen molar-refractivity contribution in [1.29, 1.82) is 0 Å². The lowest BCUT2D eigenvalue weighted by molar-refractivity contribution is 0.131. The molecule has 2 fully saturated rings. The van der Waals surface area contributed by atoms with Gasteiger partial charge in [-0.1, -0.05) is 33.1 Å². The van der Waals surface area contributed by atoms with Gasteiger partial charge >= 0.3 is 0 Å². The molecule has 94 valence electrons. The Kier molecular flexibility index (Phi) is 3.60. The van der Waals surface area contributed by atoms with Crippen LogP contribution in [-0.4, -0.2) is 23.3 Å². The highest BCUT2D eigenvalue weighted by molar-refractivity contribution is 5.01. The Bertz CT molecular complexity index is 233. The van der Waals surface area contributed by atoms with E-state index in [1.165, 1.54) is 38.5 Å². The molecule has 1 atom stereocenters. The van der Waals surface area contributed by atoms with Crippen LogP contribution in [-0.2, 0) is 0 Å². The summed E-state index contributed by atoms with van der Waals surface area (Å²) in [6, 6.07) is 0.662. The van der Waals surface area contributed by atoms with Gasteiger partial charge in [0.2, 0.25) is 0 Å². The van der Waals surface area contributed by atoms with Crippen molar-refractivity contribution in [1.82, 2.24) is 5.32 Å². The number of hydrogen-bond donors (Lipinski definition) is 2. The first-order valence-corrected chi connectivity index (χ1v) is 6.94. The van der Waals surface area contributed by atoms with Gasteiger partial charge in [-0.25, -0.2) is 0 Å². The summed E-state index contributed by atoms with van der Waals surface area (Å²) >= 11 is 0. The normalized spacial score (nSPS) is 35.4. The zero-order valence-electron chi connectivity index (χ0n) is 10.9. The van der Waals surface area contributed by atoms with Crippen molar-refractivity contribution in [2.24, 2.45) is 5.41 Å². The van der Waals surface area contributed by atoms with Crippen LogP contribution in [0.2, 0.25) is 0 Å². The molecule has 16 heavy (non-hydrogen) atoms. The third kappa shape index (κ3) is 2.78. The maximum absolute atomic E-state index is 9.72. The molecule has 2 N–H and O–H groups in total. The fraction of sp³-hybridized carbons (Fsp3) is 1.00. The van der Waals surface area contributed by atoms with Crippen molar-refractivity contribution in [3.05, 3.63) is 0 Å². The predicted octanol–water partition coefficient (Wildman–Crippen LogP) is 2.85. The first-order valence-electron chi connectivity index (χ1n) is 6.94. The van der Waals surface area contributed by atoms with Crippen LogP contribution in [0.3, 0.4) is 0 Å². The van der Waals surface area contributed by atoms with Gasteiger partial charge in [0.05, 0.1) is 6.61 Å². The molecule has 2 heteroatoms. The van der Waals surface area contributed by atoms with Crippen molar-refractivity contribution in [2.45, 2.75) is 76.8 Å². The molecule has 2 saturated carbocycles. The van der Waals surface area contributed by atoms with Gasteiger partial charge in [-0.3, -0.25) is 0 Å². The monoisotopic (exact) mass is 225 g/mol. The van der Waals surface area contributed by atoms with Crippen molar-refractivity contribution < 1.29 is 5.11 Å². The summed E-state index contributed by atoms with van der Waals surface area (Å²) in [5, 5.41) is 13.5. The first-order chi connectivity index (χ1) is 7.55. The number of nitrogens with one attached hydrogen (secondary N) is 1. The Morgan fingerprint density at radius 1 is 1.12 bits per heavy atom. The van der Waals surface area contributed by atoms with Gasteiger partial charge < -0.3 is 10.4 Å². The molecular formula is C14H27NO. The van der Waals surface area contributed by atoms with Gasteiger partial charge in [-0.2, -0.15) is 0 Å². The van der Waals surface area contributed by atoms with Gasteiger partial charge in [0, 0.05) is 11.6 Å². The van der Waals surface area contributed by atoms with Crippen LogP contribution >= 0.6 is 0 Å². The molecule has 0 aromatic heterocycles. The minimum absolute atomic E-state index is 0.0332. The lowest BCUT2D eigenvalue weighted by atomic mass is 9.86. The van der Waals surface area contributed by atoms with E-state index >= 15 is 0 Å². The van der Waals surface area contributed by atoms with E-state index in [-0.39, 0.29) is 5.54 Å². The van der Waals surface area contributed by atoms with E-state index in [2.05, 4.69) is 19.2 Å². The molecule has 1 unspecified atom stereocenters. The average Bonchev–Trinajstić information content (AvgIpc) is 2.57. The Morgan fingerprint density at radius 3 is 2.31 bits per heavy atom. The predicted molar refractivity (Wildman–Crippen MR) is 67.5 cm³/mol. The first kappa shape index (κ1) is 12.4. The van der Waals surface area contributed by atoms with E-state index in [4.69, 9.17) is 0 Å². The molecule has 0 aromatic rings. The number of rotatable bonds is 3. The Labute approximate surface area is 99.8 Å². The third-order valence-corrected chi connectivity index (χ3v) is 4.52. The maximum Gasteiger partial charge on any atom is 0.0613 e. The second kappa shape index (κ2) is 4.66. The maximum atomic E-state index is 9.72. The lowest BCUT2D eigenvalue weighted by Crippen LogP contribution is -2.52. The topological polar surface area (TPSA) is 32.3 Å². The van der Waals surface area contributed by atoms with E-state index < -0.39 is 0 Å². The molecule has 0 bridgehead atoms. The number of aliphatic hydroxyl groups excluding tert-OH is 1. The lowest BCUT2D eigenvalue weighted by Gasteiger charge is -2.36. The Morgan fingerprint density at radius 2 is 1.81 bits per heavy atom. The van der Waals surface area contributed by atoms with Crippen molar-refractivity contribution in [3.8, 4) is 0 Å². The smallest absolute Gasteiger partial charge is 0.0613 e. The Hall–Kier alpha value is -0.0800. The van der Waals surface area contributed by atoms with Crippen LogP contribution in [0.25, 0.3) is 0 Å². The highest BCUT2D eigenvalue weighted by Crippen LogP contribution is 2.44. The summed E-state index contributed by atoms with van der Waals surface area (Å²) in [7, 11) is 0. The van der Waals surface area contributed by atoms with Gasteiger partial charge in [-0.05, 0) is 37.5 Å². The molecule has 2 aliphatic carbocycles. The summed E-state index contributed by atoms with van der Waals surface area (Å²) < 4.78 is 0. The standard InChI is InChI=1S/C14H27NO/c1-13(2)8-9-14(10-13,11-16)15-12-6-4-3-5-7-12/h12,15-16H,3-11H2,1-2H3. The minimum Gasteiger partial charge on any atom is -0.394 e. The fourth-order valence-corrected chi connectivity index (χ4v) is 3.65. The van der Waals surface area contributed by atoms with Crippen LogP contribution in [0.1, 0.15) is 65.2 Å². The summed E-state index contributed by atoms with van der Waals surface area (Å²) in [6.07, 6.45) is 10.3. The molecule has 0 saturated heterocycles. The van der Waals surface area contributed by atoms with E-state index in [0.717, 1.165) is 12.8 Å². The SMILES string of the molecule is CC1(C)CCC(CO)(NC2CCCCC2)C1. The summed E-state index contributed by atoms with van der Waals surface area (Å²) in [6.45, 7) is 4.97. The van der Waals surface area contributed by atoms with E-state index in [9.17, 15) is 5.11 Å². The highest BCUT2D eigenvalue weighted by Gasteiger charge is 2.43. The number of aliphatic hydroxyl groups is 1. The van der Waals surface area contributed by atoms with E-state index in [0.29, 0.717) is 18.1 Å². The zero-order valence-corrected chi connectivity index (χ0v) is 10.9. The average molecular weight is 225 g/mol. The van der Waals surface area contributed by atoms with Gasteiger partial charge in [-0.15, -0.1) is 0 Å². The summed E-state index contributed by atoms with van der Waals surface area (Å²) in [5.41, 5.74) is 0.440. The Balaban J connectivity index is 1.94. The van der Waals surface area contributed by atoms with Crippen molar-refractivity contribution in [2.75, 3.05) is 6.61 Å². The molecule has 0 amide bonds. The second-order valence-electron chi connectivity index (χ2n) is 6.76. The molecule has 2 aliphatic rings. The highest BCUT2D eigenvalue weighted by atomic mass is 16.3. The van der Waals surface area contributed by atoms with Crippen LogP contribution in [0.4, 0.5) is 0 Å². The van der Waals surface area contributed by atoms with Crippen molar-refractivity contribution in [3.63, 3.8) is 0 Å². The molecule has 0 radical (unpaired) electrons. The van der Waals surface area contributed by atoms with E-state index in [1.54, 1.807) is 0 Å². The van der Waals surface area contributed by atoms with Crippen LogP contribution in [0, 0.1) is 5.41 Å². The third-order valence-electron chi connectivity index (χ3n) is 4.52. The molecule has 2 nitrogen and oxygen atoms in total. The molecule has 0 aromatic carbocycles. The summed E-state index contributed by atoms with van der Waals surface area (Å²) in [4.78, 5) is 0. The van der Waals surface area contributed by atoms with Crippen LogP contribution < -0.4 is 5.32 Å². The summed E-state index contributed by atoms with van der Waals surface area (Å²) in [5.74, 6) is 0. The van der Waals surface area contributed by atoms with Gasteiger partial charge in [0.15, 0.2) is 0 Å². The molecular weight excluding hydrogens is 198 g/mol. The van der Waals surface area contributed by atoms with Crippen LogP contribution in [0.15, 0.2) is 0 Å². The fourth-order valence-electron chi connectivity index (χ4n) is 3.65. The molecule has 2 rings (SSSR count). The second-order valence-corrected chi connectivity index (χ2v) is 6.76. The minimum atomic E-state index is 0.0332. The van der Waals surface area contributed by atoms with Gasteiger partial charge in [0.25, 0.3) is 0 Å². The molecule has 0 spiro atoms. The quantitative estimate of drug-likeness (QED) is 0.774. The largest absolute Gasteiger partial charge is 0.394 e. The molecule has 0 heterocycles. The molecule has 0 aliphatic heterocycles. The van der Waals surface area contributed by atoms with E-state index in [1.807, 2.05) is 0 Å². The zero-order chi connectivity index (χ0) is 11.6.